The van der Waals surface area contributed by atoms with Gasteiger partial charge in [-0.3, -0.25) is 4.79 Å². The fourth-order valence-corrected chi connectivity index (χ4v) is 2.62. The van der Waals surface area contributed by atoms with Crippen molar-refractivity contribution < 1.29 is 14.6 Å². The number of carbonyl (C=O) groups is 1. The maximum absolute atomic E-state index is 12.4. The van der Waals surface area contributed by atoms with Crippen molar-refractivity contribution in [1.29, 1.82) is 0 Å². The second kappa shape index (κ2) is 8.27. The molecule has 0 atom stereocenters. The zero-order valence-electron chi connectivity index (χ0n) is 13.9. The highest BCUT2D eigenvalue weighted by atomic mass is 16.5. The van der Waals surface area contributed by atoms with E-state index >= 15 is 0 Å². The van der Waals surface area contributed by atoms with Crippen molar-refractivity contribution in [1.82, 2.24) is 0 Å². The normalized spacial score (nSPS) is 10.4. The SMILES string of the molecule is O=C(CCc1cccc(CO)c1)c1ccc(Oc2ccccc2)cc1. The van der Waals surface area contributed by atoms with Gasteiger partial charge >= 0.3 is 0 Å². The van der Waals surface area contributed by atoms with Crippen molar-refractivity contribution >= 4 is 5.78 Å². The molecular weight excluding hydrogens is 312 g/mol. The Kier molecular flexibility index (Phi) is 5.60. The molecule has 3 rings (SSSR count). The molecule has 0 spiro atoms. The molecule has 0 radical (unpaired) electrons. The summed E-state index contributed by atoms with van der Waals surface area (Å²) in [5, 5.41) is 9.17. The number of aliphatic hydroxyl groups is 1. The highest BCUT2D eigenvalue weighted by molar-refractivity contribution is 5.96. The first-order chi connectivity index (χ1) is 12.2. The number of ether oxygens (including phenoxy) is 1. The predicted octanol–water partition coefficient (Wildman–Crippen LogP) is 4.79. The van der Waals surface area contributed by atoms with Crippen LogP contribution in [0.3, 0.4) is 0 Å². The van der Waals surface area contributed by atoms with Gasteiger partial charge in [0.1, 0.15) is 11.5 Å². The van der Waals surface area contributed by atoms with E-state index in [-0.39, 0.29) is 12.4 Å². The van der Waals surface area contributed by atoms with Crippen LogP contribution in [0.4, 0.5) is 0 Å². The maximum Gasteiger partial charge on any atom is 0.163 e. The summed E-state index contributed by atoms with van der Waals surface area (Å²) in [6.07, 6.45) is 1.10. The van der Waals surface area contributed by atoms with Crippen LogP contribution in [0, 0.1) is 0 Å². The fraction of sp³-hybridized carbons (Fsp3) is 0.136. The number of aliphatic hydroxyl groups excluding tert-OH is 1. The number of hydrogen-bond acceptors (Lipinski definition) is 3. The van der Waals surface area contributed by atoms with Crippen molar-refractivity contribution in [3.8, 4) is 11.5 Å². The molecule has 0 heterocycles. The molecule has 0 aliphatic heterocycles. The van der Waals surface area contributed by atoms with Crippen molar-refractivity contribution in [3.63, 3.8) is 0 Å². The van der Waals surface area contributed by atoms with Gasteiger partial charge in [0.25, 0.3) is 0 Å². The molecule has 0 aliphatic carbocycles. The Hall–Kier alpha value is -2.91. The van der Waals surface area contributed by atoms with E-state index in [2.05, 4.69) is 0 Å². The Labute approximate surface area is 147 Å². The van der Waals surface area contributed by atoms with Crippen molar-refractivity contribution in [2.24, 2.45) is 0 Å². The predicted molar refractivity (Wildman–Crippen MR) is 98.0 cm³/mol. The van der Waals surface area contributed by atoms with Crippen LogP contribution in [0.2, 0.25) is 0 Å². The summed E-state index contributed by atoms with van der Waals surface area (Å²) in [7, 11) is 0. The topological polar surface area (TPSA) is 46.5 Å². The van der Waals surface area contributed by atoms with Crippen LogP contribution in [0.15, 0.2) is 78.9 Å². The lowest BCUT2D eigenvalue weighted by Gasteiger charge is -2.07. The first-order valence-electron chi connectivity index (χ1n) is 8.29. The van der Waals surface area contributed by atoms with Gasteiger partial charge in [-0.25, -0.2) is 0 Å². The Morgan fingerprint density at radius 1 is 0.800 bits per heavy atom. The molecule has 25 heavy (non-hydrogen) atoms. The minimum absolute atomic E-state index is 0.0185. The number of hydrogen-bond donors (Lipinski definition) is 1. The van der Waals surface area contributed by atoms with Gasteiger partial charge < -0.3 is 9.84 Å². The fourth-order valence-electron chi connectivity index (χ4n) is 2.62. The lowest BCUT2D eigenvalue weighted by molar-refractivity contribution is 0.0983. The summed E-state index contributed by atoms with van der Waals surface area (Å²) in [5.41, 5.74) is 2.61. The number of benzene rings is 3. The van der Waals surface area contributed by atoms with Gasteiger partial charge in [0.2, 0.25) is 0 Å². The summed E-state index contributed by atoms with van der Waals surface area (Å²) < 4.78 is 5.73. The summed E-state index contributed by atoms with van der Waals surface area (Å²) >= 11 is 0. The Morgan fingerprint density at radius 2 is 1.48 bits per heavy atom. The van der Waals surface area contributed by atoms with Gasteiger partial charge in [0, 0.05) is 12.0 Å². The van der Waals surface area contributed by atoms with E-state index in [9.17, 15) is 9.90 Å². The smallest absolute Gasteiger partial charge is 0.163 e. The Bertz CT molecular complexity index is 823. The molecule has 126 valence electrons. The van der Waals surface area contributed by atoms with E-state index in [0.717, 1.165) is 16.9 Å². The average Bonchev–Trinajstić information content (AvgIpc) is 2.67. The Balaban J connectivity index is 1.58. The molecule has 0 amide bonds. The van der Waals surface area contributed by atoms with Crippen molar-refractivity contribution in [3.05, 3.63) is 95.6 Å². The summed E-state index contributed by atoms with van der Waals surface area (Å²) in [4.78, 5) is 12.4. The first kappa shape index (κ1) is 16.9. The molecule has 0 saturated heterocycles. The summed E-state index contributed by atoms with van der Waals surface area (Å²) in [5.74, 6) is 1.57. The minimum atomic E-state index is 0.0185. The first-order valence-corrected chi connectivity index (χ1v) is 8.29. The third kappa shape index (κ3) is 4.78. The largest absolute Gasteiger partial charge is 0.457 e. The van der Waals surface area contributed by atoms with Gasteiger partial charge in [-0.2, -0.15) is 0 Å². The molecule has 0 saturated carbocycles. The molecule has 0 aliphatic rings. The second-order valence-corrected chi connectivity index (χ2v) is 5.84. The van der Waals surface area contributed by atoms with Crippen LogP contribution in [-0.4, -0.2) is 10.9 Å². The number of para-hydroxylation sites is 1. The van der Waals surface area contributed by atoms with E-state index in [1.807, 2.05) is 66.7 Å². The molecule has 3 aromatic carbocycles. The molecule has 3 aromatic rings. The van der Waals surface area contributed by atoms with Crippen molar-refractivity contribution in [2.75, 3.05) is 0 Å². The van der Waals surface area contributed by atoms with E-state index in [1.54, 1.807) is 12.1 Å². The van der Waals surface area contributed by atoms with Crippen LogP contribution in [0.25, 0.3) is 0 Å². The van der Waals surface area contributed by atoms with Crippen LogP contribution in [-0.2, 0) is 13.0 Å². The molecule has 0 aromatic heterocycles. The zero-order valence-corrected chi connectivity index (χ0v) is 13.9. The Morgan fingerprint density at radius 3 is 2.20 bits per heavy atom. The third-order valence-corrected chi connectivity index (χ3v) is 3.97. The third-order valence-electron chi connectivity index (χ3n) is 3.97. The number of rotatable bonds is 7. The van der Waals surface area contributed by atoms with Gasteiger partial charge in [-0.05, 0) is 53.9 Å². The van der Waals surface area contributed by atoms with Gasteiger partial charge in [-0.15, -0.1) is 0 Å². The van der Waals surface area contributed by atoms with E-state index in [4.69, 9.17) is 4.74 Å². The van der Waals surface area contributed by atoms with Gasteiger partial charge in [0.05, 0.1) is 6.61 Å². The minimum Gasteiger partial charge on any atom is -0.457 e. The molecule has 0 bridgehead atoms. The van der Waals surface area contributed by atoms with Crippen LogP contribution >= 0.6 is 0 Å². The number of aryl methyl sites for hydroxylation is 1. The molecule has 0 fully saturated rings. The van der Waals surface area contributed by atoms with Gasteiger partial charge in [-0.1, -0.05) is 42.5 Å². The molecular formula is C22H20O3. The molecule has 3 heteroatoms. The van der Waals surface area contributed by atoms with Crippen LogP contribution in [0.5, 0.6) is 11.5 Å². The highest BCUT2D eigenvalue weighted by Gasteiger charge is 2.07. The molecule has 3 nitrogen and oxygen atoms in total. The van der Waals surface area contributed by atoms with Crippen LogP contribution in [0.1, 0.15) is 27.9 Å². The lowest BCUT2D eigenvalue weighted by Crippen LogP contribution is -2.01. The van der Waals surface area contributed by atoms with Crippen molar-refractivity contribution in [2.45, 2.75) is 19.4 Å². The summed E-state index contributed by atoms with van der Waals surface area (Å²) in [6, 6.07) is 24.4. The summed E-state index contributed by atoms with van der Waals surface area (Å²) in [6.45, 7) is 0.0185. The van der Waals surface area contributed by atoms with E-state index in [0.29, 0.717) is 24.2 Å². The monoisotopic (exact) mass is 332 g/mol. The number of carbonyl (C=O) groups excluding carboxylic acids is 1. The second-order valence-electron chi connectivity index (χ2n) is 5.84. The average molecular weight is 332 g/mol. The lowest BCUT2D eigenvalue weighted by atomic mass is 10.0. The van der Waals surface area contributed by atoms with E-state index in [1.165, 1.54) is 0 Å². The standard InChI is InChI=1S/C22H20O3/c23-16-18-6-4-5-17(15-18)9-14-22(24)19-10-12-21(13-11-19)25-20-7-2-1-3-8-20/h1-8,10-13,15,23H,9,14,16H2. The molecule has 0 unspecified atom stereocenters. The molecule has 1 N–H and O–H groups in total. The van der Waals surface area contributed by atoms with E-state index < -0.39 is 0 Å². The highest BCUT2D eigenvalue weighted by Crippen LogP contribution is 2.21. The number of ketones is 1. The zero-order chi connectivity index (χ0) is 17.5. The maximum atomic E-state index is 12.4. The number of Topliss-reactive ketones (excluding diaryl/α,β-unsaturated/α-hetero) is 1. The quantitative estimate of drug-likeness (QED) is 0.633. The van der Waals surface area contributed by atoms with Gasteiger partial charge in [0.15, 0.2) is 5.78 Å². The van der Waals surface area contributed by atoms with Crippen LogP contribution < -0.4 is 4.74 Å².